The minimum atomic E-state index is -1.49. The Labute approximate surface area is 236 Å². The monoisotopic (exact) mass is 575 g/mol. The van der Waals surface area contributed by atoms with Crippen LogP contribution in [0.4, 0.5) is 0 Å². The molecule has 5 atom stereocenters. The fourth-order valence-corrected chi connectivity index (χ4v) is 4.16. The third kappa shape index (κ3) is 9.90. The molecule has 0 spiro atoms. The van der Waals surface area contributed by atoms with Crippen molar-refractivity contribution in [2.45, 2.75) is 76.5 Å². The number of nitrogens with two attached hydrogens (primary N) is 1. The van der Waals surface area contributed by atoms with Gasteiger partial charge in [-0.15, -0.1) is 0 Å². The number of aliphatic carboxylic acids is 3. The molecule has 1 aromatic carbocycles. The number of para-hydroxylation sites is 1. The number of H-pyrrole nitrogens is 1. The van der Waals surface area contributed by atoms with E-state index in [1.54, 1.807) is 20.0 Å². The normalized spacial score (nSPS) is 14.7. The molecule has 0 fully saturated rings. The first-order valence-corrected chi connectivity index (χ1v) is 13.2. The average molecular weight is 576 g/mol. The number of hydrogen-bond acceptors (Lipinski definition) is 7. The maximum atomic E-state index is 13.6. The van der Waals surface area contributed by atoms with Gasteiger partial charge in [0.1, 0.15) is 18.1 Å². The number of carbonyl (C=O) groups excluding carboxylic acids is 3. The van der Waals surface area contributed by atoms with Crippen molar-refractivity contribution in [1.82, 2.24) is 20.9 Å². The van der Waals surface area contributed by atoms with E-state index in [4.69, 9.17) is 15.9 Å². The van der Waals surface area contributed by atoms with Gasteiger partial charge in [0.05, 0.1) is 6.04 Å². The second kappa shape index (κ2) is 15.4. The molecule has 2 aromatic rings. The van der Waals surface area contributed by atoms with E-state index in [0.29, 0.717) is 12.0 Å². The van der Waals surface area contributed by atoms with Gasteiger partial charge in [0.15, 0.2) is 0 Å². The lowest BCUT2D eigenvalue weighted by Gasteiger charge is -2.28. The van der Waals surface area contributed by atoms with Crippen LogP contribution in [-0.2, 0) is 35.2 Å². The van der Waals surface area contributed by atoms with Crippen LogP contribution in [0, 0.1) is 5.92 Å². The average Bonchev–Trinajstić information content (AvgIpc) is 3.33. The molecule has 14 heteroatoms. The molecular formula is C27H37N5O9. The topological polar surface area (TPSA) is 241 Å². The fourth-order valence-electron chi connectivity index (χ4n) is 4.16. The summed E-state index contributed by atoms with van der Waals surface area (Å²) in [7, 11) is 0. The Hall–Kier alpha value is -4.46. The highest BCUT2D eigenvalue weighted by Gasteiger charge is 2.33. The molecule has 5 unspecified atom stereocenters. The predicted octanol–water partition coefficient (Wildman–Crippen LogP) is 0.352. The van der Waals surface area contributed by atoms with E-state index in [0.717, 1.165) is 10.9 Å². The van der Waals surface area contributed by atoms with Crippen LogP contribution >= 0.6 is 0 Å². The summed E-state index contributed by atoms with van der Waals surface area (Å²) in [5, 5.41) is 35.5. The second-order valence-electron chi connectivity index (χ2n) is 9.87. The number of rotatable bonds is 17. The Bertz CT molecular complexity index is 1260. The summed E-state index contributed by atoms with van der Waals surface area (Å²) in [4.78, 5) is 76.0. The van der Waals surface area contributed by atoms with Crippen LogP contribution in [-0.4, -0.2) is 80.1 Å². The zero-order chi connectivity index (χ0) is 30.7. The number of fused-ring (bicyclic) bond motifs is 1. The summed E-state index contributed by atoms with van der Waals surface area (Å²) in [6.07, 6.45) is 0.747. The molecule has 0 aliphatic carbocycles. The van der Waals surface area contributed by atoms with Crippen LogP contribution in [0.3, 0.4) is 0 Å². The summed E-state index contributed by atoms with van der Waals surface area (Å²) < 4.78 is 0. The molecular weight excluding hydrogens is 538 g/mol. The first kappa shape index (κ1) is 32.8. The van der Waals surface area contributed by atoms with Gasteiger partial charge in [-0.25, -0.2) is 4.79 Å². The number of aromatic amines is 1. The Morgan fingerprint density at radius 1 is 0.854 bits per heavy atom. The van der Waals surface area contributed by atoms with Gasteiger partial charge in [0, 0.05) is 36.4 Å². The Morgan fingerprint density at radius 3 is 2.07 bits per heavy atom. The third-order valence-corrected chi connectivity index (χ3v) is 6.79. The largest absolute Gasteiger partial charge is 0.481 e. The van der Waals surface area contributed by atoms with E-state index in [9.17, 15) is 33.9 Å². The zero-order valence-corrected chi connectivity index (χ0v) is 22.9. The molecule has 0 saturated heterocycles. The Balaban J connectivity index is 2.30. The molecule has 2 rings (SSSR count). The van der Waals surface area contributed by atoms with Crippen LogP contribution in [0.15, 0.2) is 30.5 Å². The second-order valence-corrected chi connectivity index (χ2v) is 9.87. The Kier molecular flexibility index (Phi) is 12.3. The molecule has 0 aliphatic heterocycles. The number of amides is 3. The van der Waals surface area contributed by atoms with Crippen molar-refractivity contribution < 1.29 is 44.1 Å². The molecule has 41 heavy (non-hydrogen) atoms. The molecule has 0 saturated carbocycles. The molecule has 0 aliphatic rings. The van der Waals surface area contributed by atoms with E-state index in [1.807, 2.05) is 24.3 Å². The van der Waals surface area contributed by atoms with Crippen molar-refractivity contribution in [3.63, 3.8) is 0 Å². The first-order valence-electron chi connectivity index (χ1n) is 13.2. The third-order valence-electron chi connectivity index (χ3n) is 6.79. The number of carboxylic acids is 3. The number of carbonyl (C=O) groups is 6. The van der Waals surface area contributed by atoms with Crippen molar-refractivity contribution in [1.29, 1.82) is 0 Å². The number of nitrogens with one attached hydrogen (secondary N) is 4. The van der Waals surface area contributed by atoms with E-state index >= 15 is 0 Å². The van der Waals surface area contributed by atoms with Crippen LogP contribution in [0.25, 0.3) is 10.9 Å². The van der Waals surface area contributed by atoms with E-state index in [1.165, 1.54) is 0 Å². The van der Waals surface area contributed by atoms with Crippen LogP contribution in [0.2, 0.25) is 0 Å². The van der Waals surface area contributed by atoms with Gasteiger partial charge in [0.2, 0.25) is 17.7 Å². The molecule has 0 bridgehead atoms. The molecule has 1 aromatic heterocycles. The molecule has 14 nitrogen and oxygen atoms in total. The highest BCUT2D eigenvalue weighted by atomic mass is 16.4. The number of aromatic nitrogens is 1. The van der Waals surface area contributed by atoms with Gasteiger partial charge in [-0.05, 0) is 30.4 Å². The molecule has 1 heterocycles. The maximum Gasteiger partial charge on any atom is 0.326 e. The van der Waals surface area contributed by atoms with Gasteiger partial charge in [-0.1, -0.05) is 38.5 Å². The standard InChI is InChI=1S/C27H37N5O9/c1-3-14(2)23(26(39)30-19(27(40)41)9-11-22(35)36)32-25(38)20(31-24(37)17(28)8-10-21(33)34)12-15-13-29-18-7-5-4-6-16(15)18/h4-7,13-14,17,19-20,23,29H,3,8-12,28H2,1-2H3,(H,30,39)(H,31,37)(H,32,38)(H,33,34)(H,35,36)(H,40,41). The molecule has 3 amide bonds. The lowest BCUT2D eigenvalue weighted by Crippen LogP contribution is -2.59. The predicted molar refractivity (Wildman–Crippen MR) is 147 cm³/mol. The van der Waals surface area contributed by atoms with Gasteiger partial charge in [-0.3, -0.25) is 24.0 Å². The lowest BCUT2D eigenvalue weighted by atomic mass is 9.96. The number of carboxylic acid groups (broad SMARTS) is 3. The van der Waals surface area contributed by atoms with Crippen LogP contribution < -0.4 is 21.7 Å². The fraction of sp³-hybridized carbons (Fsp3) is 0.481. The van der Waals surface area contributed by atoms with Crippen molar-refractivity contribution in [3.05, 3.63) is 36.0 Å². The summed E-state index contributed by atoms with van der Waals surface area (Å²) in [6, 6.07) is 2.17. The summed E-state index contributed by atoms with van der Waals surface area (Å²) >= 11 is 0. The van der Waals surface area contributed by atoms with Crippen molar-refractivity contribution in [3.8, 4) is 0 Å². The minimum Gasteiger partial charge on any atom is -0.481 e. The highest BCUT2D eigenvalue weighted by Crippen LogP contribution is 2.20. The van der Waals surface area contributed by atoms with Gasteiger partial charge in [-0.2, -0.15) is 0 Å². The lowest BCUT2D eigenvalue weighted by molar-refractivity contribution is -0.144. The van der Waals surface area contributed by atoms with Gasteiger partial charge >= 0.3 is 17.9 Å². The van der Waals surface area contributed by atoms with Gasteiger partial charge < -0.3 is 42.0 Å². The quantitative estimate of drug-likeness (QED) is 0.129. The molecule has 0 radical (unpaired) electrons. The summed E-state index contributed by atoms with van der Waals surface area (Å²) in [5.41, 5.74) is 7.34. The smallest absolute Gasteiger partial charge is 0.326 e. The van der Waals surface area contributed by atoms with Gasteiger partial charge in [0.25, 0.3) is 0 Å². The first-order chi connectivity index (χ1) is 19.3. The van der Waals surface area contributed by atoms with E-state index < -0.39 is 72.1 Å². The molecule has 9 N–H and O–H groups in total. The van der Waals surface area contributed by atoms with Crippen LogP contribution in [0.5, 0.6) is 0 Å². The van der Waals surface area contributed by atoms with E-state index in [2.05, 4.69) is 20.9 Å². The number of hydrogen-bond donors (Lipinski definition) is 8. The number of benzene rings is 1. The van der Waals surface area contributed by atoms with Crippen molar-refractivity contribution in [2.24, 2.45) is 11.7 Å². The summed E-state index contributed by atoms with van der Waals surface area (Å²) in [5.74, 6) is -6.56. The molecule has 224 valence electrons. The van der Waals surface area contributed by atoms with Crippen molar-refractivity contribution >= 4 is 46.5 Å². The SMILES string of the molecule is CCC(C)C(NC(=O)C(Cc1c[nH]c2ccccc12)NC(=O)C(N)CCC(=O)O)C(=O)NC(CCC(=O)O)C(=O)O. The van der Waals surface area contributed by atoms with Crippen molar-refractivity contribution in [2.75, 3.05) is 0 Å². The maximum absolute atomic E-state index is 13.6. The zero-order valence-electron chi connectivity index (χ0n) is 22.9. The minimum absolute atomic E-state index is 0.00154. The van der Waals surface area contributed by atoms with Crippen LogP contribution in [0.1, 0.15) is 51.5 Å². The Morgan fingerprint density at radius 2 is 1.46 bits per heavy atom. The summed E-state index contributed by atoms with van der Waals surface area (Å²) in [6.45, 7) is 3.44. The highest BCUT2D eigenvalue weighted by molar-refractivity contribution is 5.95. The van der Waals surface area contributed by atoms with E-state index in [-0.39, 0.29) is 25.7 Å².